The summed E-state index contributed by atoms with van der Waals surface area (Å²) in [6.45, 7) is 4.06. The van der Waals surface area contributed by atoms with Gasteiger partial charge < -0.3 is 23.7 Å². The van der Waals surface area contributed by atoms with E-state index in [1.807, 2.05) is 26.0 Å². The third-order valence-corrected chi connectivity index (χ3v) is 4.58. The number of carbonyl (C=O) groups is 1. The molecule has 1 aromatic carbocycles. The van der Waals surface area contributed by atoms with E-state index in [0.717, 1.165) is 6.42 Å². The molecular formula is C22H26O6. The topological polar surface area (TPSA) is 63.2 Å². The lowest BCUT2D eigenvalue weighted by molar-refractivity contribution is -0.143. The molecule has 0 bridgehead atoms. The first-order valence-corrected chi connectivity index (χ1v) is 9.38. The van der Waals surface area contributed by atoms with E-state index in [0.29, 0.717) is 35.5 Å². The van der Waals surface area contributed by atoms with Gasteiger partial charge in [0.05, 0.1) is 26.9 Å². The van der Waals surface area contributed by atoms with E-state index in [4.69, 9.17) is 23.7 Å². The maximum absolute atomic E-state index is 12.6. The van der Waals surface area contributed by atoms with Crippen molar-refractivity contribution >= 4 is 5.97 Å². The summed E-state index contributed by atoms with van der Waals surface area (Å²) in [4.78, 5) is 12.6. The van der Waals surface area contributed by atoms with Crippen LogP contribution in [0.3, 0.4) is 0 Å². The van der Waals surface area contributed by atoms with Gasteiger partial charge in [-0.05, 0) is 32.8 Å². The molecule has 1 fully saturated rings. The summed E-state index contributed by atoms with van der Waals surface area (Å²) in [7, 11) is 3.06. The van der Waals surface area contributed by atoms with Crippen LogP contribution < -0.4 is 9.47 Å². The van der Waals surface area contributed by atoms with Crippen molar-refractivity contribution in [2.45, 2.75) is 51.1 Å². The fourth-order valence-electron chi connectivity index (χ4n) is 3.32. The van der Waals surface area contributed by atoms with E-state index < -0.39 is 11.8 Å². The number of rotatable bonds is 2. The molecule has 0 aliphatic carbocycles. The van der Waals surface area contributed by atoms with E-state index in [2.05, 4.69) is 11.8 Å². The van der Waals surface area contributed by atoms with Crippen molar-refractivity contribution in [1.29, 1.82) is 0 Å². The number of hydrogen-bond donors (Lipinski definition) is 0. The molecule has 6 heteroatoms. The molecule has 0 spiro atoms. The van der Waals surface area contributed by atoms with Crippen molar-refractivity contribution in [1.82, 2.24) is 0 Å². The van der Waals surface area contributed by atoms with Crippen LogP contribution in [0.1, 0.15) is 49.0 Å². The number of hydrogen-bond acceptors (Lipinski definition) is 6. The Hall–Kier alpha value is -2.49. The first-order valence-electron chi connectivity index (χ1n) is 9.38. The summed E-state index contributed by atoms with van der Waals surface area (Å²) in [6, 6.07) is 3.38. The highest BCUT2D eigenvalue weighted by Gasteiger charge is 2.39. The summed E-state index contributed by atoms with van der Waals surface area (Å²) in [6.07, 6.45) is 5.64. The van der Waals surface area contributed by atoms with Crippen LogP contribution in [-0.4, -0.2) is 44.8 Å². The zero-order valence-electron chi connectivity index (χ0n) is 16.7. The van der Waals surface area contributed by atoms with Gasteiger partial charge in [0.2, 0.25) is 0 Å². The van der Waals surface area contributed by atoms with Crippen molar-refractivity contribution in [2.24, 2.45) is 0 Å². The highest BCUT2D eigenvalue weighted by atomic mass is 16.7. The zero-order chi connectivity index (χ0) is 20.1. The van der Waals surface area contributed by atoms with Crippen LogP contribution in [0.5, 0.6) is 11.5 Å². The van der Waals surface area contributed by atoms with Crippen molar-refractivity contribution in [3.63, 3.8) is 0 Å². The van der Waals surface area contributed by atoms with E-state index in [1.54, 1.807) is 19.2 Å². The van der Waals surface area contributed by atoms with Gasteiger partial charge in [-0.25, -0.2) is 4.79 Å². The first kappa shape index (κ1) is 20.2. The number of fused-ring (bicyclic) bond motifs is 2. The van der Waals surface area contributed by atoms with Crippen LogP contribution in [0.2, 0.25) is 0 Å². The lowest BCUT2D eigenvalue weighted by atomic mass is 10.0. The Morgan fingerprint density at radius 3 is 2.75 bits per heavy atom. The SMILES string of the molecule is COc1cc2c(c(OC)c1)C(=O)OCC/C=C/[C@H]1OC(C)(C)O[C@H]1CCC#C2. The molecule has 150 valence electrons. The van der Waals surface area contributed by atoms with Gasteiger partial charge in [0.1, 0.15) is 23.2 Å². The Morgan fingerprint density at radius 2 is 2.00 bits per heavy atom. The molecule has 3 rings (SSSR count). The average Bonchev–Trinajstić information content (AvgIpc) is 2.96. The van der Waals surface area contributed by atoms with Gasteiger partial charge in [-0.1, -0.05) is 24.0 Å². The molecule has 0 amide bonds. The second-order valence-electron chi connectivity index (χ2n) is 7.08. The molecule has 0 radical (unpaired) electrons. The van der Waals surface area contributed by atoms with Gasteiger partial charge in [-0.3, -0.25) is 0 Å². The minimum absolute atomic E-state index is 0.0645. The van der Waals surface area contributed by atoms with Crippen LogP contribution in [-0.2, 0) is 14.2 Å². The predicted octanol–water partition coefficient (Wildman–Crippen LogP) is 3.47. The van der Waals surface area contributed by atoms with Crippen molar-refractivity contribution < 1.29 is 28.5 Å². The number of carbonyl (C=O) groups excluding carboxylic acids is 1. The Bertz CT molecular complexity index is 814. The largest absolute Gasteiger partial charge is 0.497 e. The smallest absolute Gasteiger partial charge is 0.343 e. The zero-order valence-corrected chi connectivity index (χ0v) is 16.7. The summed E-state index contributed by atoms with van der Waals surface area (Å²) >= 11 is 0. The maximum atomic E-state index is 12.6. The third kappa shape index (κ3) is 4.67. The minimum Gasteiger partial charge on any atom is -0.497 e. The lowest BCUT2D eigenvalue weighted by Crippen LogP contribution is -2.21. The molecule has 2 aliphatic rings. The van der Waals surface area contributed by atoms with Gasteiger partial charge in [-0.15, -0.1) is 0 Å². The molecule has 2 heterocycles. The highest BCUT2D eigenvalue weighted by Crippen LogP contribution is 2.32. The number of benzene rings is 1. The monoisotopic (exact) mass is 386 g/mol. The fraction of sp³-hybridized carbons (Fsp3) is 0.500. The first-order chi connectivity index (χ1) is 13.4. The molecule has 28 heavy (non-hydrogen) atoms. The molecule has 6 nitrogen and oxygen atoms in total. The molecule has 2 atom stereocenters. The standard InChI is InChI=1S/C22H26O6/c1-22(2)27-17-10-6-5-9-15-13-16(24-3)14-19(25-4)20(15)21(23)26-12-8-7-11-18(17)28-22/h7,11,13-14,17-18H,6,8,10,12H2,1-4H3/b11-7+/t17-,18+/m0/s1. The van der Waals surface area contributed by atoms with Gasteiger partial charge in [0, 0.05) is 18.1 Å². The number of esters is 1. The fourth-order valence-corrected chi connectivity index (χ4v) is 3.32. The molecule has 0 saturated carbocycles. The van der Waals surface area contributed by atoms with Crippen LogP contribution in [0.25, 0.3) is 0 Å². The van der Waals surface area contributed by atoms with Gasteiger partial charge in [0.15, 0.2) is 5.79 Å². The van der Waals surface area contributed by atoms with Gasteiger partial charge in [-0.2, -0.15) is 0 Å². The van der Waals surface area contributed by atoms with Crippen LogP contribution in [0, 0.1) is 11.8 Å². The lowest BCUT2D eigenvalue weighted by Gasteiger charge is -2.16. The quantitative estimate of drug-likeness (QED) is 0.441. The predicted molar refractivity (Wildman–Crippen MR) is 104 cm³/mol. The molecule has 2 aliphatic heterocycles. The van der Waals surface area contributed by atoms with Crippen LogP contribution >= 0.6 is 0 Å². The molecule has 0 N–H and O–H groups in total. The van der Waals surface area contributed by atoms with E-state index in [-0.39, 0.29) is 18.8 Å². The van der Waals surface area contributed by atoms with Gasteiger partial charge >= 0.3 is 5.97 Å². The van der Waals surface area contributed by atoms with Gasteiger partial charge in [0.25, 0.3) is 0 Å². The normalized spacial score (nSPS) is 25.2. The molecule has 0 unspecified atom stereocenters. The summed E-state index contributed by atoms with van der Waals surface area (Å²) < 4.78 is 28.1. The van der Waals surface area contributed by atoms with Crippen molar-refractivity contribution in [2.75, 3.05) is 20.8 Å². The number of ether oxygens (including phenoxy) is 5. The Kier molecular flexibility index (Phi) is 6.28. The highest BCUT2D eigenvalue weighted by molar-refractivity contribution is 5.96. The van der Waals surface area contributed by atoms with Crippen LogP contribution in [0.4, 0.5) is 0 Å². The van der Waals surface area contributed by atoms with Crippen LogP contribution in [0.15, 0.2) is 24.3 Å². The van der Waals surface area contributed by atoms with E-state index >= 15 is 0 Å². The summed E-state index contributed by atoms with van der Waals surface area (Å²) in [5, 5.41) is 0. The molecule has 1 aromatic rings. The number of methoxy groups -OCH3 is 2. The summed E-state index contributed by atoms with van der Waals surface area (Å²) in [5.74, 6) is 6.06. The minimum atomic E-state index is -0.624. The molecule has 0 aromatic heterocycles. The maximum Gasteiger partial charge on any atom is 0.343 e. The van der Waals surface area contributed by atoms with Crippen molar-refractivity contribution in [3.05, 3.63) is 35.4 Å². The second kappa shape index (κ2) is 8.68. The second-order valence-corrected chi connectivity index (χ2v) is 7.08. The molecule has 1 saturated heterocycles. The Morgan fingerprint density at radius 1 is 1.18 bits per heavy atom. The summed E-state index contributed by atoms with van der Waals surface area (Å²) in [5.41, 5.74) is 0.838. The van der Waals surface area contributed by atoms with E-state index in [9.17, 15) is 4.79 Å². The average molecular weight is 386 g/mol. The Labute approximate surface area is 165 Å². The third-order valence-electron chi connectivity index (χ3n) is 4.58. The number of cyclic esters (lactones) is 1. The van der Waals surface area contributed by atoms with Crippen molar-refractivity contribution in [3.8, 4) is 23.3 Å². The Balaban J connectivity index is 1.93. The molecular weight excluding hydrogens is 360 g/mol. The van der Waals surface area contributed by atoms with E-state index in [1.165, 1.54) is 7.11 Å².